The van der Waals surface area contributed by atoms with Crippen LogP contribution < -0.4 is 10.2 Å². The molecule has 0 fully saturated rings. The molecule has 1 aliphatic heterocycles. The Labute approximate surface area is 189 Å². The summed E-state index contributed by atoms with van der Waals surface area (Å²) in [6, 6.07) is 21.4. The Morgan fingerprint density at radius 1 is 1.00 bits per heavy atom. The Hall–Kier alpha value is -3.57. The summed E-state index contributed by atoms with van der Waals surface area (Å²) in [5.41, 5.74) is 2.21. The third-order valence-corrected chi connectivity index (χ3v) is 5.87. The maximum absolute atomic E-state index is 13.5. The van der Waals surface area contributed by atoms with Crippen LogP contribution in [0.2, 0.25) is 5.02 Å². The van der Waals surface area contributed by atoms with Gasteiger partial charge in [0, 0.05) is 11.6 Å². The lowest BCUT2D eigenvalue weighted by Crippen LogP contribution is -2.29. The van der Waals surface area contributed by atoms with Crippen molar-refractivity contribution in [2.75, 3.05) is 6.61 Å². The third kappa shape index (κ3) is 3.45. The zero-order valence-electron chi connectivity index (χ0n) is 17.4. The number of hydrogen-bond acceptors (Lipinski definition) is 4. The highest BCUT2D eigenvalue weighted by molar-refractivity contribution is 6.31. The Morgan fingerprint density at radius 2 is 1.75 bits per heavy atom. The Kier molecular flexibility index (Phi) is 5.19. The first-order valence-corrected chi connectivity index (χ1v) is 10.8. The summed E-state index contributed by atoms with van der Waals surface area (Å²) in [5.74, 6) is 0.504. The summed E-state index contributed by atoms with van der Waals surface area (Å²) in [6.45, 7) is 2.82. The van der Waals surface area contributed by atoms with E-state index in [1.54, 1.807) is 23.1 Å². The largest absolute Gasteiger partial charge is 0.494 e. The number of hydrogen-bond donors (Lipinski definition) is 0. The summed E-state index contributed by atoms with van der Waals surface area (Å²) >= 11 is 6.13. The van der Waals surface area contributed by atoms with Gasteiger partial charge in [-0.25, -0.2) is 0 Å². The zero-order valence-corrected chi connectivity index (χ0v) is 18.1. The topological polar surface area (TPSA) is 59.8 Å². The molecule has 160 valence electrons. The van der Waals surface area contributed by atoms with Crippen molar-refractivity contribution in [3.63, 3.8) is 0 Å². The van der Waals surface area contributed by atoms with Gasteiger partial charge in [-0.15, -0.1) is 0 Å². The maximum Gasteiger partial charge on any atom is 0.291 e. The molecule has 5 nitrogen and oxygen atoms in total. The van der Waals surface area contributed by atoms with Gasteiger partial charge in [0.05, 0.1) is 23.6 Å². The number of carbonyl (C=O) groups excluding carboxylic acids is 1. The van der Waals surface area contributed by atoms with Crippen molar-refractivity contribution in [1.29, 1.82) is 0 Å². The molecule has 0 spiro atoms. The van der Waals surface area contributed by atoms with E-state index in [9.17, 15) is 9.59 Å². The third-order valence-electron chi connectivity index (χ3n) is 5.63. The Balaban J connectivity index is 1.69. The molecule has 1 atom stereocenters. The zero-order chi connectivity index (χ0) is 22.2. The molecular weight excluding hydrogens is 426 g/mol. The standard InChI is InChI=1S/C26H20ClNO4/c1-2-31-19-11-8-17(9-12-19)23-22-24(29)20-14-18(27)10-13-21(20)32-25(22)26(30)28(23)15-16-6-4-3-5-7-16/h3-14,23H,2,15H2,1H3/t23-/m1/s1. The molecule has 1 amide bonds. The van der Waals surface area contributed by atoms with Crippen LogP contribution in [0.4, 0.5) is 0 Å². The lowest BCUT2D eigenvalue weighted by molar-refractivity contribution is 0.0714. The van der Waals surface area contributed by atoms with Gasteiger partial charge in [-0.05, 0) is 48.4 Å². The highest BCUT2D eigenvalue weighted by Crippen LogP contribution is 2.39. The van der Waals surface area contributed by atoms with Crippen molar-refractivity contribution >= 4 is 28.5 Å². The highest BCUT2D eigenvalue weighted by Gasteiger charge is 2.42. The van der Waals surface area contributed by atoms with Crippen LogP contribution in [0.1, 0.15) is 40.2 Å². The predicted octanol–water partition coefficient (Wildman–Crippen LogP) is 5.59. The van der Waals surface area contributed by atoms with Gasteiger partial charge in [0.2, 0.25) is 5.76 Å². The SMILES string of the molecule is CCOc1ccc([C@@H]2c3c(oc4ccc(Cl)cc4c3=O)C(=O)N2Cc2ccccc2)cc1. The lowest BCUT2D eigenvalue weighted by Gasteiger charge is -2.25. The van der Waals surface area contributed by atoms with Crippen LogP contribution in [0.3, 0.4) is 0 Å². The number of halogens is 1. The fraction of sp³-hybridized carbons (Fsp3) is 0.154. The highest BCUT2D eigenvalue weighted by atomic mass is 35.5. The number of fused-ring (bicyclic) bond motifs is 2. The molecule has 0 saturated heterocycles. The van der Waals surface area contributed by atoms with Gasteiger partial charge < -0.3 is 14.1 Å². The van der Waals surface area contributed by atoms with Crippen LogP contribution in [0.5, 0.6) is 5.75 Å². The first-order chi connectivity index (χ1) is 15.6. The average molecular weight is 446 g/mol. The minimum atomic E-state index is -0.576. The molecule has 0 saturated carbocycles. The van der Waals surface area contributed by atoms with Crippen molar-refractivity contribution in [3.05, 3.63) is 110 Å². The number of ether oxygens (including phenoxy) is 1. The van der Waals surface area contributed by atoms with E-state index in [0.29, 0.717) is 34.7 Å². The minimum Gasteiger partial charge on any atom is -0.494 e. The normalized spacial score (nSPS) is 15.2. The van der Waals surface area contributed by atoms with Crippen LogP contribution in [-0.4, -0.2) is 17.4 Å². The first kappa shape index (κ1) is 20.3. The molecule has 32 heavy (non-hydrogen) atoms. The fourth-order valence-corrected chi connectivity index (χ4v) is 4.37. The molecule has 5 rings (SSSR count). The van der Waals surface area contributed by atoms with Gasteiger partial charge in [-0.2, -0.15) is 0 Å². The van der Waals surface area contributed by atoms with Crippen LogP contribution in [0.25, 0.3) is 11.0 Å². The summed E-state index contributed by atoms with van der Waals surface area (Å²) in [5, 5.41) is 0.800. The Morgan fingerprint density at radius 3 is 2.47 bits per heavy atom. The van der Waals surface area contributed by atoms with E-state index < -0.39 is 6.04 Å². The number of nitrogens with zero attached hydrogens (tertiary/aromatic N) is 1. The average Bonchev–Trinajstić information content (AvgIpc) is 3.08. The molecule has 6 heteroatoms. The minimum absolute atomic E-state index is 0.0830. The molecule has 0 unspecified atom stereocenters. The smallest absolute Gasteiger partial charge is 0.291 e. The summed E-state index contributed by atoms with van der Waals surface area (Å²) in [6.07, 6.45) is 0. The monoisotopic (exact) mass is 445 g/mol. The second kappa shape index (κ2) is 8.17. The van der Waals surface area contributed by atoms with Crippen molar-refractivity contribution in [3.8, 4) is 5.75 Å². The number of benzene rings is 3. The van der Waals surface area contributed by atoms with Gasteiger partial charge in [0.25, 0.3) is 5.91 Å². The summed E-state index contributed by atoms with van der Waals surface area (Å²) < 4.78 is 11.5. The number of carbonyl (C=O) groups is 1. The van der Waals surface area contributed by atoms with Crippen molar-refractivity contribution < 1.29 is 13.9 Å². The molecular formula is C26H20ClNO4. The summed E-state index contributed by atoms with van der Waals surface area (Å²) in [7, 11) is 0. The van der Waals surface area contributed by atoms with E-state index in [2.05, 4.69) is 0 Å². The van der Waals surface area contributed by atoms with Crippen LogP contribution in [0.15, 0.2) is 82.0 Å². The van der Waals surface area contributed by atoms with E-state index in [1.165, 1.54) is 0 Å². The molecule has 1 aromatic heterocycles. The second-order valence-corrected chi connectivity index (χ2v) is 8.07. The van der Waals surface area contributed by atoms with E-state index in [1.807, 2.05) is 61.5 Å². The van der Waals surface area contributed by atoms with Crippen LogP contribution in [-0.2, 0) is 6.54 Å². The van der Waals surface area contributed by atoms with Crippen molar-refractivity contribution in [1.82, 2.24) is 4.90 Å². The van der Waals surface area contributed by atoms with Gasteiger partial charge >= 0.3 is 0 Å². The van der Waals surface area contributed by atoms with Gasteiger partial charge in [0.15, 0.2) is 5.43 Å². The quantitative estimate of drug-likeness (QED) is 0.401. The molecule has 0 radical (unpaired) electrons. The first-order valence-electron chi connectivity index (χ1n) is 10.4. The summed E-state index contributed by atoms with van der Waals surface area (Å²) in [4.78, 5) is 28.7. The van der Waals surface area contributed by atoms with E-state index in [4.69, 9.17) is 20.8 Å². The van der Waals surface area contributed by atoms with E-state index in [-0.39, 0.29) is 17.1 Å². The van der Waals surface area contributed by atoms with Crippen LogP contribution >= 0.6 is 11.6 Å². The van der Waals surface area contributed by atoms with E-state index in [0.717, 1.165) is 16.9 Å². The number of amides is 1. The van der Waals surface area contributed by atoms with Crippen molar-refractivity contribution in [2.24, 2.45) is 0 Å². The molecule has 1 aliphatic rings. The predicted molar refractivity (Wildman–Crippen MR) is 123 cm³/mol. The van der Waals surface area contributed by atoms with Gasteiger partial charge in [-0.1, -0.05) is 54.1 Å². The van der Waals surface area contributed by atoms with Gasteiger partial charge in [-0.3, -0.25) is 9.59 Å². The van der Waals surface area contributed by atoms with Crippen LogP contribution in [0, 0.1) is 0 Å². The second-order valence-electron chi connectivity index (χ2n) is 7.64. The lowest BCUT2D eigenvalue weighted by atomic mass is 9.98. The maximum atomic E-state index is 13.5. The molecule has 0 bridgehead atoms. The molecule has 0 aliphatic carbocycles. The Bertz CT molecular complexity index is 1360. The molecule has 2 heterocycles. The van der Waals surface area contributed by atoms with Gasteiger partial charge in [0.1, 0.15) is 11.3 Å². The fourth-order valence-electron chi connectivity index (χ4n) is 4.20. The molecule has 3 aromatic carbocycles. The van der Waals surface area contributed by atoms with Crippen molar-refractivity contribution in [2.45, 2.75) is 19.5 Å². The number of rotatable bonds is 5. The molecule has 4 aromatic rings. The molecule has 0 N–H and O–H groups in total. The van der Waals surface area contributed by atoms with E-state index >= 15 is 0 Å².